The van der Waals surface area contributed by atoms with E-state index in [4.69, 9.17) is 4.98 Å². The van der Waals surface area contributed by atoms with Gasteiger partial charge in [-0.2, -0.15) is 10.1 Å². The van der Waals surface area contributed by atoms with Gasteiger partial charge in [-0.3, -0.25) is 5.10 Å². The van der Waals surface area contributed by atoms with Crippen molar-refractivity contribution in [1.82, 2.24) is 25.1 Å². The molecule has 2 saturated heterocycles. The Morgan fingerprint density at radius 2 is 2.00 bits per heavy atom. The Labute approximate surface area is 147 Å². The Balaban J connectivity index is 1.24. The second-order valence-electron chi connectivity index (χ2n) is 7.83. The Kier molecular flexibility index (Phi) is 3.62. The summed E-state index contributed by atoms with van der Waals surface area (Å²) in [4.78, 5) is 13.9. The molecule has 25 heavy (non-hydrogen) atoms. The first-order valence-electron chi connectivity index (χ1n) is 9.33. The lowest BCUT2D eigenvalue weighted by molar-refractivity contribution is 0.0908. The van der Waals surface area contributed by atoms with Crippen LogP contribution < -0.4 is 10.2 Å². The van der Waals surface area contributed by atoms with Crippen LogP contribution in [0.1, 0.15) is 30.9 Å². The number of H-pyrrole nitrogens is 1. The molecule has 2 aliphatic heterocycles. The summed E-state index contributed by atoms with van der Waals surface area (Å²) >= 11 is 0. The van der Waals surface area contributed by atoms with Crippen molar-refractivity contribution < 1.29 is 0 Å². The third-order valence-electron chi connectivity index (χ3n) is 5.78. The van der Waals surface area contributed by atoms with Gasteiger partial charge in [-0.05, 0) is 44.2 Å². The van der Waals surface area contributed by atoms with Crippen LogP contribution in [0.5, 0.6) is 0 Å². The summed E-state index contributed by atoms with van der Waals surface area (Å²) in [5, 5.41) is 10.8. The minimum atomic E-state index is 0.677. The average Bonchev–Trinajstić information content (AvgIpc) is 3.15. The lowest BCUT2D eigenvalue weighted by Crippen LogP contribution is -2.48. The van der Waals surface area contributed by atoms with E-state index < -0.39 is 0 Å². The molecule has 1 saturated carbocycles. The highest BCUT2D eigenvalue weighted by Crippen LogP contribution is 2.39. The van der Waals surface area contributed by atoms with Crippen molar-refractivity contribution in [2.45, 2.75) is 25.2 Å². The first-order chi connectivity index (χ1) is 12.2. The first-order valence-corrected chi connectivity index (χ1v) is 9.33. The monoisotopic (exact) mass is 339 g/mol. The molecule has 0 aromatic carbocycles. The van der Waals surface area contributed by atoms with E-state index >= 15 is 0 Å². The Morgan fingerprint density at radius 1 is 1.12 bits per heavy atom. The van der Waals surface area contributed by atoms with Crippen molar-refractivity contribution in [2.24, 2.45) is 11.8 Å². The molecule has 7 nitrogen and oxygen atoms in total. The maximum absolute atomic E-state index is 4.71. The van der Waals surface area contributed by atoms with Crippen molar-refractivity contribution in [3.05, 3.63) is 24.0 Å². The molecule has 3 fully saturated rings. The minimum absolute atomic E-state index is 0.677. The summed E-state index contributed by atoms with van der Waals surface area (Å²) in [6, 6.07) is 4.00. The molecule has 0 bridgehead atoms. The number of nitrogens with zero attached hydrogens (tertiary/aromatic N) is 5. The van der Waals surface area contributed by atoms with Crippen LogP contribution in [0.15, 0.2) is 18.3 Å². The standard InChI is InChI=1S/C18H25N7/c1-24-9-14(10-24)13-5-7-25(11-13)18-19-6-4-16(21-18)20-17-8-15(22-23-17)12-2-3-12/h4,6,8,12-14H,2-3,5,7,9-11H2,1H3,(H2,19,20,21,22,23). The molecule has 3 aliphatic rings. The van der Waals surface area contributed by atoms with Gasteiger partial charge in [0, 0.05) is 50.1 Å². The van der Waals surface area contributed by atoms with Crippen LogP contribution in [0.25, 0.3) is 0 Å². The summed E-state index contributed by atoms with van der Waals surface area (Å²) in [5.74, 6) is 4.79. The van der Waals surface area contributed by atoms with E-state index in [-0.39, 0.29) is 0 Å². The molecule has 4 heterocycles. The van der Waals surface area contributed by atoms with Gasteiger partial charge in [0.25, 0.3) is 0 Å². The highest BCUT2D eigenvalue weighted by molar-refractivity contribution is 5.53. The van der Waals surface area contributed by atoms with Crippen molar-refractivity contribution >= 4 is 17.6 Å². The van der Waals surface area contributed by atoms with E-state index in [1.807, 2.05) is 12.3 Å². The number of rotatable bonds is 5. The maximum Gasteiger partial charge on any atom is 0.227 e. The number of aromatic amines is 1. The van der Waals surface area contributed by atoms with E-state index in [9.17, 15) is 0 Å². The SMILES string of the molecule is CN1CC(C2CCN(c3nccc(Nc4cc(C5CC5)[nH]n4)n3)C2)C1. The van der Waals surface area contributed by atoms with Crippen LogP contribution in [0.3, 0.4) is 0 Å². The van der Waals surface area contributed by atoms with Gasteiger partial charge in [-0.25, -0.2) is 4.98 Å². The second kappa shape index (κ2) is 5.98. The third kappa shape index (κ3) is 3.08. The Hall–Kier alpha value is -2.15. The summed E-state index contributed by atoms with van der Waals surface area (Å²) < 4.78 is 0. The van der Waals surface area contributed by atoms with E-state index in [2.05, 4.69) is 43.4 Å². The van der Waals surface area contributed by atoms with Crippen LogP contribution in [-0.4, -0.2) is 58.3 Å². The van der Waals surface area contributed by atoms with E-state index in [1.54, 1.807) is 0 Å². The van der Waals surface area contributed by atoms with Crippen molar-refractivity contribution in [3.63, 3.8) is 0 Å². The zero-order valence-corrected chi connectivity index (χ0v) is 14.6. The molecule has 1 unspecified atom stereocenters. The third-order valence-corrected chi connectivity index (χ3v) is 5.78. The van der Waals surface area contributed by atoms with Crippen molar-refractivity contribution in [2.75, 3.05) is 43.4 Å². The number of likely N-dealkylation sites (tertiary alicyclic amines) is 1. The molecule has 132 valence electrons. The molecule has 1 aliphatic carbocycles. The number of hydrogen-bond acceptors (Lipinski definition) is 6. The predicted molar refractivity (Wildman–Crippen MR) is 97.2 cm³/mol. The summed E-state index contributed by atoms with van der Waals surface area (Å²) in [6.45, 7) is 4.62. The Morgan fingerprint density at radius 3 is 2.80 bits per heavy atom. The molecule has 2 aromatic heterocycles. The molecule has 0 radical (unpaired) electrons. The van der Waals surface area contributed by atoms with Gasteiger partial charge < -0.3 is 15.1 Å². The summed E-state index contributed by atoms with van der Waals surface area (Å²) in [7, 11) is 2.20. The highest BCUT2D eigenvalue weighted by Gasteiger charge is 2.36. The van der Waals surface area contributed by atoms with Gasteiger partial charge in [0.05, 0.1) is 0 Å². The maximum atomic E-state index is 4.71. The predicted octanol–water partition coefficient (Wildman–Crippen LogP) is 2.21. The fourth-order valence-corrected chi connectivity index (χ4v) is 4.10. The number of anilines is 3. The fraction of sp³-hybridized carbons (Fsp3) is 0.611. The number of hydrogen-bond donors (Lipinski definition) is 2. The first kappa shape index (κ1) is 15.1. The Bertz CT molecular complexity index is 747. The number of aromatic nitrogens is 4. The molecule has 1 atom stereocenters. The quantitative estimate of drug-likeness (QED) is 0.870. The van der Waals surface area contributed by atoms with E-state index in [0.29, 0.717) is 5.92 Å². The molecular formula is C18H25N7. The van der Waals surface area contributed by atoms with Gasteiger partial charge >= 0.3 is 0 Å². The second-order valence-corrected chi connectivity index (χ2v) is 7.83. The van der Waals surface area contributed by atoms with Crippen LogP contribution in [-0.2, 0) is 0 Å². The van der Waals surface area contributed by atoms with Crippen LogP contribution >= 0.6 is 0 Å². The smallest absolute Gasteiger partial charge is 0.227 e. The van der Waals surface area contributed by atoms with Crippen LogP contribution in [0.2, 0.25) is 0 Å². The lowest BCUT2D eigenvalue weighted by Gasteiger charge is -2.40. The van der Waals surface area contributed by atoms with E-state index in [1.165, 1.54) is 38.0 Å². The molecule has 2 aromatic rings. The van der Waals surface area contributed by atoms with Crippen LogP contribution in [0.4, 0.5) is 17.6 Å². The van der Waals surface area contributed by atoms with Gasteiger partial charge in [0.2, 0.25) is 5.95 Å². The fourth-order valence-electron chi connectivity index (χ4n) is 4.10. The average molecular weight is 339 g/mol. The summed E-state index contributed by atoms with van der Waals surface area (Å²) in [5.41, 5.74) is 1.23. The molecule has 2 N–H and O–H groups in total. The van der Waals surface area contributed by atoms with Gasteiger partial charge in [0.1, 0.15) is 5.82 Å². The lowest BCUT2D eigenvalue weighted by atomic mass is 9.86. The molecule has 7 heteroatoms. The molecule has 0 spiro atoms. The van der Waals surface area contributed by atoms with Crippen molar-refractivity contribution in [1.29, 1.82) is 0 Å². The highest BCUT2D eigenvalue weighted by atomic mass is 15.3. The molecule has 0 amide bonds. The minimum Gasteiger partial charge on any atom is -0.340 e. The zero-order valence-electron chi connectivity index (χ0n) is 14.6. The topological polar surface area (TPSA) is 73.0 Å². The largest absolute Gasteiger partial charge is 0.340 e. The van der Waals surface area contributed by atoms with Crippen LogP contribution in [0, 0.1) is 11.8 Å². The van der Waals surface area contributed by atoms with Gasteiger partial charge in [-0.15, -0.1) is 0 Å². The normalized spacial score (nSPS) is 24.5. The van der Waals surface area contributed by atoms with E-state index in [0.717, 1.165) is 42.5 Å². The van der Waals surface area contributed by atoms with Crippen molar-refractivity contribution in [3.8, 4) is 0 Å². The van der Waals surface area contributed by atoms with Gasteiger partial charge in [0.15, 0.2) is 5.82 Å². The molecule has 5 rings (SSSR count). The molecular weight excluding hydrogens is 314 g/mol. The van der Waals surface area contributed by atoms with Gasteiger partial charge in [-0.1, -0.05) is 0 Å². The number of nitrogens with one attached hydrogen (secondary N) is 2. The summed E-state index contributed by atoms with van der Waals surface area (Å²) in [6.07, 6.45) is 5.63. The zero-order chi connectivity index (χ0) is 16.8.